The highest BCUT2D eigenvalue weighted by atomic mass is 16.5. The molecule has 2 aromatic carbocycles. The van der Waals surface area contributed by atoms with Crippen LogP contribution >= 0.6 is 0 Å². The highest BCUT2D eigenvalue weighted by Crippen LogP contribution is 2.46. The third-order valence-corrected chi connectivity index (χ3v) is 5.35. The molecule has 0 bridgehead atoms. The van der Waals surface area contributed by atoms with E-state index >= 15 is 0 Å². The van der Waals surface area contributed by atoms with Gasteiger partial charge in [-0.15, -0.1) is 0 Å². The fourth-order valence-corrected chi connectivity index (χ4v) is 3.87. The van der Waals surface area contributed by atoms with E-state index < -0.39 is 6.17 Å². The molecule has 0 amide bonds. The van der Waals surface area contributed by atoms with Gasteiger partial charge in [0.15, 0.2) is 0 Å². The molecule has 27 heavy (non-hydrogen) atoms. The zero-order chi connectivity index (χ0) is 18.9. The van der Waals surface area contributed by atoms with Crippen molar-refractivity contribution in [3.8, 4) is 11.5 Å². The van der Waals surface area contributed by atoms with E-state index in [2.05, 4.69) is 16.5 Å². The second-order valence-electron chi connectivity index (χ2n) is 7.00. The van der Waals surface area contributed by atoms with Gasteiger partial charge in [0.05, 0.1) is 12.7 Å². The zero-order valence-electron chi connectivity index (χ0n) is 15.4. The van der Waals surface area contributed by atoms with Gasteiger partial charge in [-0.2, -0.15) is 5.11 Å². The molecule has 2 heterocycles. The van der Waals surface area contributed by atoms with Crippen LogP contribution in [-0.2, 0) is 0 Å². The van der Waals surface area contributed by atoms with Crippen molar-refractivity contribution in [1.82, 2.24) is 5.32 Å². The predicted molar refractivity (Wildman–Crippen MR) is 104 cm³/mol. The molecule has 6 nitrogen and oxygen atoms in total. The van der Waals surface area contributed by atoms with Crippen molar-refractivity contribution < 1.29 is 9.47 Å². The lowest BCUT2D eigenvalue weighted by Gasteiger charge is -2.40. The normalized spacial score (nSPS) is 18.8. The number of nitrogens with one attached hydrogen (secondary N) is 2. The molecule has 2 aliphatic rings. The van der Waals surface area contributed by atoms with Gasteiger partial charge in [0.1, 0.15) is 23.3 Å². The molecular formula is C21H24N4O2. The van der Waals surface area contributed by atoms with Crippen molar-refractivity contribution in [2.24, 2.45) is 10.8 Å². The Morgan fingerprint density at radius 2 is 1.93 bits per heavy atom. The molecule has 4 rings (SSSR count). The lowest BCUT2D eigenvalue weighted by atomic mass is 9.83. The molecule has 0 aromatic heterocycles. The first-order valence-electron chi connectivity index (χ1n) is 9.18. The molecule has 1 atom stereocenters. The molecule has 1 spiro atoms. The minimum atomic E-state index is -0.625. The molecular weight excluding hydrogens is 340 g/mol. The number of hydrogen-bond donors (Lipinski definition) is 3. The Morgan fingerprint density at radius 3 is 2.59 bits per heavy atom. The van der Waals surface area contributed by atoms with E-state index in [0.717, 1.165) is 59.7 Å². The molecule has 2 aromatic rings. The number of piperidine rings is 1. The van der Waals surface area contributed by atoms with Crippen LogP contribution in [0.5, 0.6) is 11.5 Å². The second kappa shape index (κ2) is 7.13. The van der Waals surface area contributed by atoms with Crippen molar-refractivity contribution >= 4 is 5.57 Å². The maximum atomic E-state index is 7.12. The molecule has 1 unspecified atom stereocenters. The van der Waals surface area contributed by atoms with Gasteiger partial charge < -0.3 is 20.5 Å². The van der Waals surface area contributed by atoms with Crippen LogP contribution in [0.1, 0.15) is 35.7 Å². The minimum absolute atomic E-state index is 0.300. The van der Waals surface area contributed by atoms with Gasteiger partial charge in [-0.1, -0.05) is 30.3 Å². The topological polar surface area (TPSA) is 92.7 Å². The van der Waals surface area contributed by atoms with Crippen LogP contribution in [-0.4, -0.2) is 25.8 Å². The molecule has 0 aliphatic carbocycles. The summed E-state index contributed by atoms with van der Waals surface area (Å²) >= 11 is 0. The predicted octanol–water partition coefficient (Wildman–Crippen LogP) is 3.63. The molecule has 140 valence electrons. The fourth-order valence-electron chi connectivity index (χ4n) is 3.87. The van der Waals surface area contributed by atoms with Crippen molar-refractivity contribution in [1.29, 1.82) is 5.53 Å². The lowest BCUT2D eigenvalue weighted by Crippen LogP contribution is -2.46. The summed E-state index contributed by atoms with van der Waals surface area (Å²) < 4.78 is 12.1. The Labute approximate surface area is 158 Å². The van der Waals surface area contributed by atoms with Crippen LogP contribution < -0.4 is 20.5 Å². The van der Waals surface area contributed by atoms with Crippen molar-refractivity contribution in [3.63, 3.8) is 0 Å². The molecule has 1 saturated heterocycles. The number of benzene rings is 2. The number of hydrogen-bond acceptors (Lipinski definition) is 6. The first kappa shape index (κ1) is 17.7. The summed E-state index contributed by atoms with van der Waals surface area (Å²) in [5, 5.41) is 6.81. The van der Waals surface area contributed by atoms with Gasteiger partial charge in [0.25, 0.3) is 0 Å². The van der Waals surface area contributed by atoms with E-state index in [-0.39, 0.29) is 5.60 Å². The van der Waals surface area contributed by atoms with Crippen molar-refractivity contribution in [2.45, 2.75) is 24.6 Å². The van der Waals surface area contributed by atoms with Crippen LogP contribution in [0.25, 0.3) is 5.57 Å². The Kier molecular flexibility index (Phi) is 4.68. The third-order valence-electron chi connectivity index (χ3n) is 5.35. The summed E-state index contributed by atoms with van der Waals surface area (Å²) in [7, 11) is 1.68. The van der Waals surface area contributed by atoms with Gasteiger partial charge in [-0.25, -0.2) is 5.53 Å². The number of fused-ring (bicyclic) bond motifs is 1. The van der Waals surface area contributed by atoms with Crippen LogP contribution in [0.3, 0.4) is 0 Å². The average Bonchev–Trinajstić information content (AvgIpc) is 2.72. The molecule has 4 N–H and O–H groups in total. The number of nitrogens with zero attached hydrogens (tertiary/aromatic N) is 1. The highest BCUT2D eigenvalue weighted by molar-refractivity contribution is 5.88. The largest absolute Gasteiger partial charge is 0.496 e. The SMILES string of the molecule is COc1cccc2c1C(c1ccc(C(N)N=N)cc1)=CC1(CCNCC1)O2. The molecule has 0 saturated carbocycles. The van der Waals surface area contributed by atoms with Crippen LogP contribution in [0, 0.1) is 5.53 Å². The standard InChI is InChI=1S/C21H24N4O2/c1-26-17-3-2-4-18-19(17)16(13-21(27-18)9-11-24-12-10-21)14-5-7-15(8-6-14)20(22)25-23/h2-8,13,20,23-24H,9-12,22H2,1H3. The van der Waals surface area contributed by atoms with E-state index in [1.165, 1.54) is 0 Å². The third kappa shape index (κ3) is 3.22. The van der Waals surface area contributed by atoms with Crippen LogP contribution in [0.2, 0.25) is 0 Å². The number of nitrogens with two attached hydrogens (primary N) is 1. The summed E-state index contributed by atoms with van der Waals surface area (Å²) in [5.41, 5.74) is 16.6. The van der Waals surface area contributed by atoms with E-state index in [4.69, 9.17) is 20.7 Å². The smallest absolute Gasteiger partial charge is 0.143 e. The van der Waals surface area contributed by atoms with E-state index in [1.807, 2.05) is 42.5 Å². The second-order valence-corrected chi connectivity index (χ2v) is 7.00. The quantitative estimate of drug-likeness (QED) is 0.722. The van der Waals surface area contributed by atoms with Gasteiger partial charge in [-0.3, -0.25) is 0 Å². The molecule has 2 aliphatic heterocycles. The number of methoxy groups -OCH3 is 1. The summed E-state index contributed by atoms with van der Waals surface area (Å²) in [6, 6.07) is 13.9. The summed E-state index contributed by atoms with van der Waals surface area (Å²) in [6.07, 6.45) is 3.48. The summed E-state index contributed by atoms with van der Waals surface area (Å²) in [6.45, 7) is 1.86. The number of rotatable bonds is 4. The summed E-state index contributed by atoms with van der Waals surface area (Å²) in [4.78, 5) is 0. The lowest BCUT2D eigenvalue weighted by molar-refractivity contribution is 0.0813. The molecule has 0 radical (unpaired) electrons. The van der Waals surface area contributed by atoms with Gasteiger partial charge in [0.2, 0.25) is 0 Å². The van der Waals surface area contributed by atoms with E-state index in [9.17, 15) is 0 Å². The summed E-state index contributed by atoms with van der Waals surface area (Å²) in [5.74, 6) is 1.65. The average molecular weight is 364 g/mol. The number of ether oxygens (including phenoxy) is 2. The van der Waals surface area contributed by atoms with Crippen molar-refractivity contribution in [2.75, 3.05) is 20.2 Å². The maximum Gasteiger partial charge on any atom is 0.143 e. The monoisotopic (exact) mass is 364 g/mol. The van der Waals surface area contributed by atoms with E-state index in [0.29, 0.717) is 0 Å². The Bertz CT molecular complexity index is 870. The fraction of sp³-hybridized carbons (Fsp3) is 0.333. The van der Waals surface area contributed by atoms with Gasteiger partial charge >= 0.3 is 0 Å². The van der Waals surface area contributed by atoms with Crippen molar-refractivity contribution in [3.05, 3.63) is 65.2 Å². The van der Waals surface area contributed by atoms with Crippen LogP contribution in [0.4, 0.5) is 0 Å². The maximum absolute atomic E-state index is 7.12. The zero-order valence-corrected chi connectivity index (χ0v) is 15.4. The Balaban J connectivity index is 1.83. The first-order valence-corrected chi connectivity index (χ1v) is 9.18. The molecule has 6 heteroatoms. The Morgan fingerprint density at radius 1 is 1.19 bits per heavy atom. The minimum Gasteiger partial charge on any atom is -0.496 e. The van der Waals surface area contributed by atoms with Crippen LogP contribution in [0.15, 0.2) is 53.7 Å². The van der Waals surface area contributed by atoms with Gasteiger partial charge in [-0.05, 0) is 48.0 Å². The molecule has 1 fully saturated rings. The van der Waals surface area contributed by atoms with E-state index in [1.54, 1.807) is 7.11 Å². The Hall–Kier alpha value is -2.70. The van der Waals surface area contributed by atoms with Gasteiger partial charge in [0, 0.05) is 12.8 Å². The highest BCUT2D eigenvalue weighted by Gasteiger charge is 2.38. The first-order chi connectivity index (χ1) is 13.2.